The Morgan fingerprint density at radius 2 is 2.11 bits per heavy atom. The molecule has 0 radical (unpaired) electrons. The fourth-order valence-corrected chi connectivity index (χ4v) is 2.99. The molecule has 1 aliphatic carbocycles. The third-order valence-electron chi connectivity index (χ3n) is 3.78. The number of H-pyrrole nitrogens is 2. The lowest BCUT2D eigenvalue weighted by molar-refractivity contribution is 0.00709. The van der Waals surface area contributed by atoms with Crippen molar-refractivity contribution < 1.29 is 4.74 Å². The summed E-state index contributed by atoms with van der Waals surface area (Å²) in [5.41, 5.74) is 0.832. The Morgan fingerprint density at radius 3 is 2.89 bits per heavy atom. The van der Waals surface area contributed by atoms with Gasteiger partial charge in [-0.25, -0.2) is 4.79 Å². The molecule has 0 bridgehead atoms. The van der Waals surface area contributed by atoms with E-state index in [1.165, 1.54) is 0 Å². The lowest BCUT2D eigenvalue weighted by Gasteiger charge is -2.33. The number of nitrogens with one attached hydrogen (secondary N) is 3. The van der Waals surface area contributed by atoms with Crippen LogP contribution in [0.3, 0.4) is 0 Å². The van der Waals surface area contributed by atoms with Gasteiger partial charge in [0, 0.05) is 30.3 Å². The van der Waals surface area contributed by atoms with Gasteiger partial charge < -0.3 is 15.0 Å². The number of morpholine rings is 1. The van der Waals surface area contributed by atoms with Crippen molar-refractivity contribution in [3.05, 3.63) is 32.1 Å². The Kier molecular flexibility index (Phi) is 3.05. The molecule has 2 heterocycles. The molecule has 0 aromatic carbocycles. The quantitative estimate of drug-likeness (QED) is 0.626. The number of aromatic nitrogens is 2. The van der Waals surface area contributed by atoms with E-state index in [4.69, 9.17) is 4.74 Å². The molecule has 6 heteroatoms. The van der Waals surface area contributed by atoms with E-state index in [1.54, 1.807) is 0 Å². The highest BCUT2D eigenvalue weighted by molar-refractivity contribution is 5.25. The van der Waals surface area contributed by atoms with Crippen LogP contribution in [0.4, 0.5) is 0 Å². The molecule has 1 aromatic heterocycles. The average molecular weight is 251 g/mol. The van der Waals surface area contributed by atoms with Crippen molar-refractivity contribution in [3.8, 4) is 0 Å². The molecular weight excluding hydrogens is 234 g/mol. The molecule has 1 aromatic rings. The van der Waals surface area contributed by atoms with Crippen LogP contribution in [0.5, 0.6) is 0 Å². The molecule has 0 saturated carbocycles. The second-order valence-electron chi connectivity index (χ2n) is 4.91. The second kappa shape index (κ2) is 4.70. The number of ether oxygens (including phenoxy) is 1. The molecule has 18 heavy (non-hydrogen) atoms. The summed E-state index contributed by atoms with van der Waals surface area (Å²) in [7, 11) is 0. The Labute approximate surface area is 104 Å². The monoisotopic (exact) mass is 251 g/mol. The molecule has 0 amide bonds. The number of fused-ring (bicyclic) bond motifs is 1. The molecule has 3 N–H and O–H groups in total. The van der Waals surface area contributed by atoms with E-state index >= 15 is 0 Å². The highest BCUT2D eigenvalue weighted by Crippen LogP contribution is 2.31. The molecule has 6 nitrogen and oxygen atoms in total. The van der Waals surface area contributed by atoms with Gasteiger partial charge in [0.05, 0.1) is 12.7 Å². The summed E-state index contributed by atoms with van der Waals surface area (Å²) >= 11 is 0. The third kappa shape index (κ3) is 2.02. The summed E-state index contributed by atoms with van der Waals surface area (Å²) < 4.78 is 5.75. The minimum Gasteiger partial charge on any atom is -0.375 e. The number of aryl methyl sites for hydroxylation is 1. The summed E-state index contributed by atoms with van der Waals surface area (Å²) in [5.74, 6) is 0.0853. The van der Waals surface area contributed by atoms with Crippen LogP contribution in [0.25, 0.3) is 0 Å². The first-order valence-corrected chi connectivity index (χ1v) is 6.43. The van der Waals surface area contributed by atoms with Gasteiger partial charge in [-0.1, -0.05) is 0 Å². The molecule has 98 valence electrons. The van der Waals surface area contributed by atoms with Crippen LogP contribution in [0.2, 0.25) is 0 Å². The second-order valence-corrected chi connectivity index (χ2v) is 4.91. The van der Waals surface area contributed by atoms with Crippen molar-refractivity contribution in [1.29, 1.82) is 0 Å². The number of aromatic amines is 2. The first kappa shape index (κ1) is 11.7. The number of rotatable bonds is 1. The minimum absolute atomic E-state index is 0.0322. The zero-order valence-corrected chi connectivity index (χ0v) is 10.1. The van der Waals surface area contributed by atoms with Gasteiger partial charge in [-0.15, -0.1) is 0 Å². The van der Waals surface area contributed by atoms with Crippen LogP contribution in [0.1, 0.15) is 30.0 Å². The fourth-order valence-electron chi connectivity index (χ4n) is 2.99. The maximum atomic E-state index is 12.0. The Balaban J connectivity index is 2.00. The Morgan fingerprint density at radius 1 is 1.22 bits per heavy atom. The molecular formula is C12H17N3O3. The third-order valence-corrected chi connectivity index (χ3v) is 3.78. The predicted octanol–water partition coefficient (Wildman–Crippen LogP) is -0.528. The van der Waals surface area contributed by atoms with E-state index < -0.39 is 5.69 Å². The largest absolute Gasteiger partial charge is 0.375 e. The van der Waals surface area contributed by atoms with Gasteiger partial charge in [-0.2, -0.15) is 0 Å². The molecule has 2 aliphatic rings. The van der Waals surface area contributed by atoms with E-state index in [9.17, 15) is 9.59 Å². The molecule has 1 aliphatic heterocycles. The van der Waals surface area contributed by atoms with Crippen molar-refractivity contribution in [2.75, 3.05) is 19.7 Å². The number of hydrogen-bond donors (Lipinski definition) is 3. The summed E-state index contributed by atoms with van der Waals surface area (Å²) in [6.45, 7) is 2.30. The lowest BCUT2D eigenvalue weighted by atomic mass is 9.82. The van der Waals surface area contributed by atoms with E-state index in [-0.39, 0.29) is 17.6 Å². The highest BCUT2D eigenvalue weighted by Gasteiger charge is 2.32. The van der Waals surface area contributed by atoms with Gasteiger partial charge >= 0.3 is 5.69 Å². The van der Waals surface area contributed by atoms with Crippen LogP contribution in [0, 0.1) is 0 Å². The maximum absolute atomic E-state index is 12.0. The molecule has 1 saturated heterocycles. The zero-order chi connectivity index (χ0) is 12.5. The minimum atomic E-state index is -0.415. The first-order valence-electron chi connectivity index (χ1n) is 6.43. The van der Waals surface area contributed by atoms with Gasteiger partial charge in [0.15, 0.2) is 0 Å². The Hall–Kier alpha value is -1.40. The first-order chi connectivity index (χ1) is 8.75. The summed E-state index contributed by atoms with van der Waals surface area (Å²) in [6.07, 6.45) is 2.72. The van der Waals surface area contributed by atoms with Crippen molar-refractivity contribution in [1.82, 2.24) is 15.3 Å². The zero-order valence-electron chi connectivity index (χ0n) is 10.1. The van der Waals surface area contributed by atoms with E-state index in [1.807, 2.05) is 0 Å². The van der Waals surface area contributed by atoms with Crippen molar-refractivity contribution in [3.63, 3.8) is 0 Å². The van der Waals surface area contributed by atoms with Gasteiger partial charge in [0.1, 0.15) is 0 Å². The summed E-state index contributed by atoms with van der Waals surface area (Å²) in [6, 6.07) is 0. The topological polar surface area (TPSA) is 87.0 Å². The molecule has 1 fully saturated rings. The summed E-state index contributed by atoms with van der Waals surface area (Å²) in [5, 5.41) is 3.28. The van der Waals surface area contributed by atoms with Crippen molar-refractivity contribution in [2.45, 2.75) is 31.3 Å². The predicted molar refractivity (Wildman–Crippen MR) is 66.0 cm³/mol. The fraction of sp³-hybridized carbons (Fsp3) is 0.667. The van der Waals surface area contributed by atoms with Crippen LogP contribution in [-0.2, 0) is 11.2 Å². The number of hydrogen-bond acceptors (Lipinski definition) is 4. The van der Waals surface area contributed by atoms with E-state index in [2.05, 4.69) is 15.3 Å². The molecule has 2 unspecified atom stereocenters. The van der Waals surface area contributed by atoms with Crippen LogP contribution in [-0.4, -0.2) is 35.8 Å². The molecule has 3 rings (SSSR count). The van der Waals surface area contributed by atoms with Gasteiger partial charge in [0.25, 0.3) is 5.56 Å². The highest BCUT2D eigenvalue weighted by atomic mass is 16.5. The standard InChI is InChI=1S/C12H17N3O3/c16-11-10-7(9-6-13-4-5-18-9)2-1-3-8(10)14-12(17)15-11/h7,9,13H,1-6H2,(H2,14,15,16,17). The summed E-state index contributed by atoms with van der Waals surface area (Å²) in [4.78, 5) is 28.4. The van der Waals surface area contributed by atoms with E-state index in [0.29, 0.717) is 6.61 Å². The van der Waals surface area contributed by atoms with Crippen molar-refractivity contribution in [2.24, 2.45) is 0 Å². The van der Waals surface area contributed by atoms with Gasteiger partial charge in [-0.05, 0) is 19.3 Å². The van der Waals surface area contributed by atoms with Crippen LogP contribution >= 0.6 is 0 Å². The Bertz CT molecular complexity index is 542. The van der Waals surface area contributed by atoms with Crippen molar-refractivity contribution >= 4 is 0 Å². The molecule has 0 spiro atoms. The maximum Gasteiger partial charge on any atom is 0.325 e. The van der Waals surface area contributed by atoms with Crippen LogP contribution < -0.4 is 16.6 Å². The van der Waals surface area contributed by atoms with Crippen LogP contribution in [0.15, 0.2) is 9.59 Å². The molecule has 2 atom stereocenters. The van der Waals surface area contributed by atoms with E-state index in [0.717, 1.165) is 43.6 Å². The average Bonchev–Trinajstić information content (AvgIpc) is 2.38. The smallest absolute Gasteiger partial charge is 0.325 e. The SMILES string of the molecule is O=c1[nH]c2c(c(=O)[nH]1)C(C1CNCCO1)CCC2. The lowest BCUT2D eigenvalue weighted by Crippen LogP contribution is -2.45. The normalized spacial score (nSPS) is 27.8. The van der Waals surface area contributed by atoms with Gasteiger partial charge in [0.2, 0.25) is 0 Å². The van der Waals surface area contributed by atoms with Gasteiger partial charge in [-0.3, -0.25) is 9.78 Å².